The van der Waals surface area contributed by atoms with Crippen molar-refractivity contribution in [2.24, 2.45) is 0 Å². The molecule has 0 atom stereocenters. The molecule has 8 heteroatoms. The highest BCUT2D eigenvalue weighted by Gasteiger charge is 2.32. The maximum atomic E-state index is 6.15. The van der Waals surface area contributed by atoms with Gasteiger partial charge in [-0.15, -0.1) is 11.3 Å². The fraction of sp³-hybridized carbons (Fsp3) is 0.250. The highest BCUT2D eigenvalue weighted by Crippen LogP contribution is 2.44. The lowest BCUT2D eigenvalue weighted by Gasteiger charge is -2.32. The van der Waals surface area contributed by atoms with Gasteiger partial charge < -0.3 is 14.5 Å². The summed E-state index contributed by atoms with van der Waals surface area (Å²) in [5.74, 6) is 1.56. The molecule has 0 saturated heterocycles. The van der Waals surface area contributed by atoms with Gasteiger partial charge in [-0.2, -0.15) is 0 Å². The Bertz CT molecular complexity index is 1430. The Balaban J connectivity index is 1.54. The lowest BCUT2D eigenvalue weighted by molar-refractivity contribution is -0.0395. The van der Waals surface area contributed by atoms with Crippen molar-refractivity contribution in [3.63, 3.8) is 0 Å². The number of rotatable bonds is 4. The summed E-state index contributed by atoms with van der Waals surface area (Å²) in [5, 5.41) is 4.55. The molecule has 160 valence electrons. The monoisotopic (exact) mass is 443 g/mol. The highest BCUT2D eigenvalue weighted by atomic mass is 32.1. The number of hydrogen-bond donors (Lipinski definition) is 1. The van der Waals surface area contributed by atoms with Gasteiger partial charge >= 0.3 is 0 Å². The minimum absolute atomic E-state index is 0.260. The first kappa shape index (κ1) is 19.3. The van der Waals surface area contributed by atoms with Crippen molar-refractivity contribution < 1.29 is 9.15 Å². The van der Waals surface area contributed by atoms with Crippen molar-refractivity contribution in [1.29, 1.82) is 0 Å². The van der Waals surface area contributed by atoms with E-state index < -0.39 is 0 Å². The molecule has 32 heavy (non-hydrogen) atoms. The minimum Gasteiger partial charge on any atom is -0.463 e. The smallest absolute Gasteiger partial charge is 0.152 e. The summed E-state index contributed by atoms with van der Waals surface area (Å²) in [4.78, 5) is 19.3. The van der Waals surface area contributed by atoms with Crippen LogP contribution in [0.5, 0.6) is 0 Å². The molecule has 1 aliphatic heterocycles. The number of fused-ring (bicyclic) bond motifs is 5. The topological polar surface area (TPSA) is 86.0 Å². The van der Waals surface area contributed by atoms with E-state index in [9.17, 15) is 0 Å². The zero-order valence-corrected chi connectivity index (χ0v) is 18.6. The molecule has 1 N–H and O–H groups in total. The van der Waals surface area contributed by atoms with Crippen LogP contribution in [-0.2, 0) is 24.3 Å². The molecular formula is C24H21N5O2S. The molecule has 0 spiro atoms. The maximum absolute atomic E-state index is 6.15. The predicted octanol–water partition coefficient (Wildman–Crippen LogP) is 5.36. The molecule has 0 saturated carbocycles. The molecule has 5 aromatic rings. The Kier molecular flexibility index (Phi) is 4.44. The van der Waals surface area contributed by atoms with Crippen LogP contribution in [0.15, 0.2) is 53.7 Å². The first-order valence-corrected chi connectivity index (χ1v) is 11.3. The van der Waals surface area contributed by atoms with Crippen LogP contribution < -0.4 is 5.32 Å². The van der Waals surface area contributed by atoms with Crippen LogP contribution in [-0.4, -0.2) is 25.5 Å². The van der Waals surface area contributed by atoms with Gasteiger partial charge in [0.1, 0.15) is 22.7 Å². The van der Waals surface area contributed by atoms with Crippen molar-refractivity contribution in [3.05, 3.63) is 65.9 Å². The molecule has 7 nitrogen and oxygen atoms in total. The molecule has 0 unspecified atom stereocenters. The molecule has 0 amide bonds. The first-order chi connectivity index (χ1) is 15.6. The first-order valence-electron chi connectivity index (χ1n) is 10.5. The van der Waals surface area contributed by atoms with E-state index in [1.54, 1.807) is 30.1 Å². The molecule has 0 aliphatic carbocycles. The average molecular weight is 444 g/mol. The molecule has 0 fully saturated rings. The fourth-order valence-electron chi connectivity index (χ4n) is 4.24. The fourth-order valence-corrected chi connectivity index (χ4v) is 5.36. The van der Waals surface area contributed by atoms with Crippen LogP contribution in [0.2, 0.25) is 0 Å². The molecule has 6 heterocycles. The van der Waals surface area contributed by atoms with Crippen LogP contribution in [0.25, 0.3) is 31.9 Å². The summed E-state index contributed by atoms with van der Waals surface area (Å²) in [6.07, 6.45) is 7.71. The quantitative estimate of drug-likeness (QED) is 0.400. The number of hydrogen-bond acceptors (Lipinski definition) is 8. The van der Waals surface area contributed by atoms with Gasteiger partial charge in [0.15, 0.2) is 5.76 Å². The van der Waals surface area contributed by atoms with E-state index in [4.69, 9.17) is 14.1 Å². The zero-order chi connectivity index (χ0) is 21.7. The molecule has 0 bridgehead atoms. The van der Waals surface area contributed by atoms with Crippen molar-refractivity contribution in [2.45, 2.75) is 39.0 Å². The van der Waals surface area contributed by atoms with E-state index in [0.717, 1.165) is 55.3 Å². The summed E-state index contributed by atoms with van der Waals surface area (Å²) in [7, 11) is 0. The van der Waals surface area contributed by atoms with E-state index in [1.165, 1.54) is 5.56 Å². The van der Waals surface area contributed by atoms with E-state index in [0.29, 0.717) is 13.2 Å². The predicted molar refractivity (Wildman–Crippen MR) is 125 cm³/mol. The van der Waals surface area contributed by atoms with Crippen molar-refractivity contribution >= 4 is 37.6 Å². The number of anilines is 1. The lowest BCUT2D eigenvalue weighted by atomic mass is 9.89. The number of furan rings is 1. The largest absolute Gasteiger partial charge is 0.463 e. The molecule has 5 aromatic heterocycles. The molecule has 1 aliphatic rings. The standard InChI is InChI=1S/C24H21N5O2S/c1-24(2)9-15-16(12-31-24)19(17-6-4-8-30-17)29-23-18(15)20-21(32-23)22(28-13-27-20)26-11-14-5-3-7-25-10-14/h3-8,10,13H,9,11-12H2,1-2H3,(H,26,27,28). The summed E-state index contributed by atoms with van der Waals surface area (Å²) in [6, 6.07) is 7.81. The van der Waals surface area contributed by atoms with E-state index >= 15 is 0 Å². The van der Waals surface area contributed by atoms with Crippen molar-refractivity contribution in [3.8, 4) is 11.5 Å². The summed E-state index contributed by atoms with van der Waals surface area (Å²) in [6.45, 7) is 5.38. The van der Waals surface area contributed by atoms with E-state index in [-0.39, 0.29) is 5.60 Å². The summed E-state index contributed by atoms with van der Waals surface area (Å²) in [5.41, 5.74) is 4.92. The third kappa shape index (κ3) is 3.23. The molecule has 0 radical (unpaired) electrons. The summed E-state index contributed by atoms with van der Waals surface area (Å²) < 4.78 is 12.9. The van der Waals surface area contributed by atoms with Crippen LogP contribution >= 0.6 is 11.3 Å². The summed E-state index contributed by atoms with van der Waals surface area (Å²) >= 11 is 1.61. The second kappa shape index (κ2) is 7.36. The average Bonchev–Trinajstić information content (AvgIpc) is 3.45. The minimum atomic E-state index is -0.260. The molecule has 6 rings (SSSR count). The number of pyridine rings is 2. The number of ether oxygens (including phenoxy) is 1. The van der Waals surface area contributed by atoms with Crippen molar-refractivity contribution in [2.75, 3.05) is 5.32 Å². The Labute approximate surface area is 188 Å². The van der Waals surface area contributed by atoms with Gasteiger partial charge in [-0.05, 0) is 43.2 Å². The Morgan fingerprint density at radius 3 is 2.91 bits per heavy atom. The van der Waals surface area contributed by atoms with Gasteiger partial charge in [-0.3, -0.25) is 4.98 Å². The SMILES string of the molecule is CC1(C)Cc2c(c(-c3ccco3)nc3sc4c(NCc5cccnc5)ncnc4c23)CO1. The number of aromatic nitrogens is 4. The Morgan fingerprint density at radius 2 is 2.09 bits per heavy atom. The van der Waals surface area contributed by atoms with E-state index in [2.05, 4.69) is 34.1 Å². The van der Waals surface area contributed by atoms with Gasteiger partial charge in [0.2, 0.25) is 0 Å². The maximum Gasteiger partial charge on any atom is 0.152 e. The van der Waals surface area contributed by atoms with Crippen LogP contribution in [0.1, 0.15) is 30.5 Å². The second-order valence-corrected chi connectivity index (χ2v) is 9.52. The third-order valence-corrected chi connectivity index (χ3v) is 6.85. The number of nitrogens with one attached hydrogen (secondary N) is 1. The Hall–Kier alpha value is -3.36. The van der Waals surface area contributed by atoms with Gasteiger partial charge in [-0.1, -0.05) is 6.07 Å². The highest BCUT2D eigenvalue weighted by molar-refractivity contribution is 7.26. The number of thiophene rings is 1. The Morgan fingerprint density at radius 1 is 1.16 bits per heavy atom. The van der Waals surface area contributed by atoms with Gasteiger partial charge in [0.25, 0.3) is 0 Å². The van der Waals surface area contributed by atoms with Crippen molar-refractivity contribution in [1.82, 2.24) is 19.9 Å². The molecular weight excluding hydrogens is 422 g/mol. The third-order valence-electron chi connectivity index (χ3n) is 5.77. The zero-order valence-electron chi connectivity index (χ0n) is 17.8. The lowest BCUT2D eigenvalue weighted by Crippen LogP contribution is -2.32. The normalized spacial score (nSPS) is 15.2. The van der Waals surface area contributed by atoms with Crippen LogP contribution in [0.4, 0.5) is 5.82 Å². The van der Waals surface area contributed by atoms with Crippen LogP contribution in [0, 0.1) is 0 Å². The number of nitrogens with zero attached hydrogens (tertiary/aromatic N) is 4. The van der Waals surface area contributed by atoms with Gasteiger partial charge in [-0.25, -0.2) is 15.0 Å². The molecule has 0 aromatic carbocycles. The van der Waals surface area contributed by atoms with Gasteiger partial charge in [0, 0.05) is 36.3 Å². The van der Waals surface area contributed by atoms with E-state index in [1.807, 2.05) is 30.5 Å². The second-order valence-electron chi connectivity index (χ2n) is 8.52. The van der Waals surface area contributed by atoms with Gasteiger partial charge in [0.05, 0.1) is 28.7 Å². The van der Waals surface area contributed by atoms with Crippen LogP contribution in [0.3, 0.4) is 0 Å².